The standard InChI is InChI=1S/C30H35ClN2O2S/c1-4-5-6-22-7-9-24(10-8-22)30(35)32(19-21(2)3)20-28(34)33-17-15-27-26(16-18-36-27)29(33)23-11-13-25(31)14-12-23/h7-14,16,18,21,29H,4-6,15,17,19-20H2,1-3H3/t29-/m0/s1. The van der Waals surface area contributed by atoms with Crippen LogP contribution >= 0.6 is 22.9 Å². The predicted octanol–water partition coefficient (Wildman–Crippen LogP) is 7.02. The Morgan fingerprint density at radius 1 is 1.08 bits per heavy atom. The van der Waals surface area contributed by atoms with Crippen molar-refractivity contribution >= 4 is 34.8 Å². The first-order valence-electron chi connectivity index (χ1n) is 12.9. The van der Waals surface area contributed by atoms with Crippen molar-refractivity contribution in [2.24, 2.45) is 5.92 Å². The molecule has 0 N–H and O–H groups in total. The highest BCUT2D eigenvalue weighted by Crippen LogP contribution is 2.38. The van der Waals surface area contributed by atoms with Crippen molar-refractivity contribution in [2.75, 3.05) is 19.6 Å². The van der Waals surface area contributed by atoms with Crippen LogP contribution in [-0.2, 0) is 17.6 Å². The molecule has 1 aliphatic heterocycles. The average Bonchev–Trinajstić information content (AvgIpc) is 3.35. The van der Waals surface area contributed by atoms with Crippen LogP contribution in [0.4, 0.5) is 0 Å². The molecule has 2 heterocycles. The highest BCUT2D eigenvalue weighted by Gasteiger charge is 2.34. The number of rotatable bonds is 9. The zero-order valence-corrected chi connectivity index (χ0v) is 22.9. The minimum atomic E-state index is -0.168. The van der Waals surface area contributed by atoms with E-state index in [-0.39, 0.29) is 30.3 Å². The fourth-order valence-corrected chi connectivity index (χ4v) is 5.91. The van der Waals surface area contributed by atoms with Crippen LogP contribution in [0.1, 0.15) is 71.6 Å². The Bertz CT molecular complexity index is 1170. The lowest BCUT2D eigenvalue weighted by Gasteiger charge is -2.38. The summed E-state index contributed by atoms with van der Waals surface area (Å²) in [5, 5.41) is 2.77. The van der Waals surface area contributed by atoms with E-state index in [4.69, 9.17) is 11.6 Å². The number of benzene rings is 2. The summed E-state index contributed by atoms with van der Waals surface area (Å²) in [5.41, 5.74) is 4.09. The Morgan fingerprint density at radius 2 is 1.81 bits per heavy atom. The van der Waals surface area contributed by atoms with E-state index in [1.54, 1.807) is 16.2 Å². The van der Waals surface area contributed by atoms with Gasteiger partial charge in [-0.2, -0.15) is 0 Å². The zero-order valence-electron chi connectivity index (χ0n) is 21.4. The number of fused-ring (bicyclic) bond motifs is 1. The molecule has 0 spiro atoms. The van der Waals surface area contributed by atoms with E-state index in [9.17, 15) is 9.59 Å². The van der Waals surface area contributed by atoms with Gasteiger partial charge in [-0.3, -0.25) is 9.59 Å². The largest absolute Gasteiger partial charge is 0.330 e. The summed E-state index contributed by atoms with van der Waals surface area (Å²) in [5.74, 6) is 0.137. The van der Waals surface area contributed by atoms with Crippen LogP contribution in [0.25, 0.3) is 0 Å². The Morgan fingerprint density at radius 3 is 2.47 bits per heavy atom. The lowest BCUT2D eigenvalue weighted by atomic mass is 9.93. The van der Waals surface area contributed by atoms with Crippen LogP contribution in [0.2, 0.25) is 5.02 Å². The molecule has 0 aliphatic carbocycles. The molecular formula is C30H35ClN2O2S. The Hall–Kier alpha value is -2.63. The summed E-state index contributed by atoms with van der Waals surface area (Å²) < 4.78 is 0. The maximum atomic E-state index is 13.8. The van der Waals surface area contributed by atoms with E-state index < -0.39 is 0 Å². The third-order valence-electron chi connectivity index (χ3n) is 6.69. The highest BCUT2D eigenvalue weighted by molar-refractivity contribution is 7.10. The third kappa shape index (κ3) is 6.19. The van der Waals surface area contributed by atoms with Gasteiger partial charge in [0.25, 0.3) is 5.91 Å². The number of hydrogen-bond donors (Lipinski definition) is 0. The quantitative estimate of drug-likeness (QED) is 0.303. The number of carbonyl (C=O) groups is 2. The molecule has 1 aliphatic rings. The van der Waals surface area contributed by atoms with Crippen molar-refractivity contribution in [1.82, 2.24) is 9.80 Å². The summed E-state index contributed by atoms with van der Waals surface area (Å²) in [6.45, 7) is 7.57. The van der Waals surface area contributed by atoms with Crippen LogP contribution in [-0.4, -0.2) is 41.2 Å². The van der Waals surface area contributed by atoms with Crippen molar-refractivity contribution in [1.29, 1.82) is 0 Å². The molecule has 0 fully saturated rings. The van der Waals surface area contributed by atoms with Crippen LogP contribution in [0.3, 0.4) is 0 Å². The lowest BCUT2D eigenvalue weighted by Crippen LogP contribution is -2.47. The van der Waals surface area contributed by atoms with Crippen LogP contribution in [0, 0.1) is 5.92 Å². The summed E-state index contributed by atoms with van der Waals surface area (Å²) >= 11 is 7.89. The van der Waals surface area contributed by atoms with Gasteiger partial charge in [-0.15, -0.1) is 11.3 Å². The summed E-state index contributed by atoms with van der Waals surface area (Å²) in [6.07, 6.45) is 4.13. The number of aryl methyl sites for hydroxylation is 1. The first kappa shape index (κ1) is 26.4. The minimum Gasteiger partial charge on any atom is -0.330 e. The van der Waals surface area contributed by atoms with Crippen LogP contribution in [0.5, 0.6) is 0 Å². The maximum absolute atomic E-state index is 13.8. The number of unbranched alkanes of at least 4 members (excludes halogenated alkanes) is 1. The second kappa shape index (κ2) is 12.1. The number of amides is 2. The summed E-state index contributed by atoms with van der Waals surface area (Å²) in [7, 11) is 0. The van der Waals surface area contributed by atoms with E-state index in [1.165, 1.54) is 16.0 Å². The second-order valence-corrected chi connectivity index (χ2v) is 11.4. The first-order chi connectivity index (χ1) is 17.4. The Kier molecular flexibility index (Phi) is 8.86. The average molecular weight is 523 g/mol. The molecule has 0 unspecified atom stereocenters. The topological polar surface area (TPSA) is 40.6 Å². The first-order valence-corrected chi connectivity index (χ1v) is 14.1. The van der Waals surface area contributed by atoms with Gasteiger partial charge in [-0.05, 0) is 77.6 Å². The van der Waals surface area contributed by atoms with Gasteiger partial charge in [0.15, 0.2) is 0 Å². The van der Waals surface area contributed by atoms with Gasteiger partial charge in [0, 0.05) is 28.6 Å². The number of hydrogen-bond acceptors (Lipinski definition) is 3. The molecule has 190 valence electrons. The fourth-order valence-electron chi connectivity index (χ4n) is 4.88. The van der Waals surface area contributed by atoms with Gasteiger partial charge in [0.1, 0.15) is 6.54 Å². The molecule has 0 radical (unpaired) electrons. The molecule has 1 aromatic heterocycles. The maximum Gasteiger partial charge on any atom is 0.254 e. The summed E-state index contributed by atoms with van der Waals surface area (Å²) in [4.78, 5) is 32.3. The van der Waals surface area contributed by atoms with E-state index in [2.05, 4.69) is 32.2 Å². The van der Waals surface area contributed by atoms with E-state index in [0.29, 0.717) is 23.7 Å². The van der Waals surface area contributed by atoms with Crippen molar-refractivity contribution < 1.29 is 9.59 Å². The van der Waals surface area contributed by atoms with Gasteiger partial charge < -0.3 is 9.80 Å². The van der Waals surface area contributed by atoms with Gasteiger partial charge in [0.2, 0.25) is 5.91 Å². The minimum absolute atomic E-state index is 0.0274. The molecule has 2 aromatic carbocycles. The summed E-state index contributed by atoms with van der Waals surface area (Å²) in [6, 6.07) is 17.6. The van der Waals surface area contributed by atoms with Crippen molar-refractivity contribution in [3.63, 3.8) is 0 Å². The van der Waals surface area contributed by atoms with Crippen molar-refractivity contribution in [3.05, 3.63) is 92.1 Å². The normalized spacial score (nSPS) is 15.1. The monoisotopic (exact) mass is 522 g/mol. The smallest absolute Gasteiger partial charge is 0.254 e. The molecule has 4 rings (SSSR count). The number of thiophene rings is 1. The molecular weight excluding hydrogens is 488 g/mol. The lowest BCUT2D eigenvalue weighted by molar-refractivity contribution is -0.134. The van der Waals surface area contributed by atoms with Crippen molar-refractivity contribution in [2.45, 2.75) is 52.5 Å². The van der Waals surface area contributed by atoms with E-state index in [1.807, 2.05) is 53.4 Å². The zero-order chi connectivity index (χ0) is 25.7. The molecule has 36 heavy (non-hydrogen) atoms. The van der Waals surface area contributed by atoms with Crippen molar-refractivity contribution in [3.8, 4) is 0 Å². The highest BCUT2D eigenvalue weighted by atomic mass is 35.5. The second-order valence-electron chi connectivity index (χ2n) is 9.97. The molecule has 3 aromatic rings. The third-order valence-corrected chi connectivity index (χ3v) is 7.94. The van der Waals surface area contributed by atoms with Crippen LogP contribution in [0.15, 0.2) is 60.0 Å². The number of carbonyl (C=O) groups excluding carboxylic acids is 2. The number of halogens is 1. The van der Waals surface area contributed by atoms with E-state index >= 15 is 0 Å². The molecule has 4 nitrogen and oxygen atoms in total. The molecule has 1 atom stereocenters. The van der Waals surface area contributed by atoms with E-state index in [0.717, 1.165) is 31.2 Å². The molecule has 0 bridgehead atoms. The molecule has 6 heteroatoms. The Labute approximate surface area is 223 Å². The SMILES string of the molecule is CCCCc1ccc(C(=O)N(CC(=O)N2CCc3sccc3[C@@H]2c2ccc(Cl)cc2)CC(C)C)cc1. The molecule has 0 saturated heterocycles. The van der Waals surface area contributed by atoms with Gasteiger partial charge in [-0.1, -0.05) is 63.1 Å². The van der Waals surface area contributed by atoms with Gasteiger partial charge in [0.05, 0.1) is 6.04 Å². The number of nitrogens with zero attached hydrogens (tertiary/aromatic N) is 2. The van der Waals surface area contributed by atoms with Crippen LogP contribution < -0.4 is 0 Å². The predicted molar refractivity (Wildman–Crippen MR) is 149 cm³/mol. The molecule has 2 amide bonds. The van der Waals surface area contributed by atoms with Gasteiger partial charge >= 0.3 is 0 Å². The Balaban J connectivity index is 1.56. The van der Waals surface area contributed by atoms with Gasteiger partial charge in [-0.25, -0.2) is 0 Å². The molecule has 0 saturated carbocycles. The fraction of sp³-hybridized carbons (Fsp3) is 0.400.